The van der Waals surface area contributed by atoms with Gasteiger partial charge in [-0.25, -0.2) is 14.8 Å². The highest BCUT2D eigenvalue weighted by molar-refractivity contribution is 6.31. The summed E-state index contributed by atoms with van der Waals surface area (Å²) < 4.78 is 22.4. The average molecular weight is 548 g/mol. The van der Waals surface area contributed by atoms with Crippen LogP contribution in [0.3, 0.4) is 0 Å². The fourth-order valence-corrected chi connectivity index (χ4v) is 4.90. The molecule has 5 heterocycles. The number of carbonyl (C=O) groups is 1. The Labute approximate surface area is 224 Å². The lowest BCUT2D eigenvalue weighted by Crippen LogP contribution is -2.23. The maximum Gasteiger partial charge on any atom is 0.412 e. The molecule has 0 radical (unpaired) electrons. The molecule has 14 heteroatoms. The number of aryl methyl sites for hydroxylation is 1. The number of pyridine rings is 2. The maximum absolute atomic E-state index is 14.7. The number of halogens is 2. The van der Waals surface area contributed by atoms with Crippen LogP contribution in [0.2, 0.25) is 5.02 Å². The molecule has 4 aromatic heterocycles. The van der Waals surface area contributed by atoms with Crippen molar-refractivity contribution in [2.24, 2.45) is 0 Å². The number of aromatic amines is 1. The van der Waals surface area contributed by atoms with Crippen LogP contribution < -0.4 is 10.9 Å². The summed E-state index contributed by atoms with van der Waals surface area (Å²) in [4.78, 5) is 36.1. The number of carbonyl (C=O) groups excluding carboxylic acids is 1. The molecule has 2 N–H and O–H groups in total. The van der Waals surface area contributed by atoms with Crippen molar-refractivity contribution in [1.29, 1.82) is 0 Å². The van der Waals surface area contributed by atoms with Crippen LogP contribution in [0.15, 0.2) is 59.8 Å². The minimum Gasteiger partial charge on any atom is -0.453 e. The van der Waals surface area contributed by atoms with Gasteiger partial charge in [0.2, 0.25) is 5.95 Å². The molecule has 1 atom stereocenters. The second-order valence-electron chi connectivity index (χ2n) is 8.75. The van der Waals surface area contributed by atoms with E-state index in [0.717, 1.165) is 5.69 Å². The molecule has 1 aliphatic heterocycles. The van der Waals surface area contributed by atoms with E-state index in [4.69, 9.17) is 11.6 Å². The summed E-state index contributed by atoms with van der Waals surface area (Å²) in [5, 5.41) is 14.2. The molecule has 6 rings (SSSR count). The van der Waals surface area contributed by atoms with Crippen molar-refractivity contribution in [1.82, 2.24) is 39.7 Å². The highest BCUT2D eigenvalue weighted by atomic mass is 35.5. The first-order chi connectivity index (χ1) is 18.9. The Morgan fingerprint density at radius 2 is 2.08 bits per heavy atom. The van der Waals surface area contributed by atoms with Gasteiger partial charge >= 0.3 is 6.09 Å². The van der Waals surface area contributed by atoms with Crippen LogP contribution in [0.1, 0.15) is 24.0 Å². The van der Waals surface area contributed by atoms with Gasteiger partial charge in [0.15, 0.2) is 0 Å². The SMILES string of the molecule is COC(=O)Nc1ccc(-c2cnc([C@@H]3CCc4cc(-c5cc(Cl)ccc5-n5cnnn5)cc(=O)n43)[nH]2)c(F)n1. The molecule has 1 aliphatic rings. The largest absolute Gasteiger partial charge is 0.453 e. The van der Waals surface area contributed by atoms with Crippen molar-refractivity contribution >= 4 is 23.5 Å². The van der Waals surface area contributed by atoms with E-state index < -0.39 is 12.0 Å². The maximum atomic E-state index is 14.7. The Kier molecular flexibility index (Phi) is 6.11. The molecule has 12 nitrogen and oxygen atoms in total. The number of methoxy groups -OCH3 is 1. The van der Waals surface area contributed by atoms with Crippen LogP contribution in [0, 0.1) is 5.95 Å². The third-order valence-electron chi connectivity index (χ3n) is 6.46. The number of aromatic nitrogens is 8. The van der Waals surface area contributed by atoms with Gasteiger partial charge in [0.1, 0.15) is 18.0 Å². The van der Waals surface area contributed by atoms with Crippen molar-refractivity contribution in [3.63, 3.8) is 0 Å². The van der Waals surface area contributed by atoms with E-state index in [1.807, 2.05) is 6.07 Å². The van der Waals surface area contributed by atoms with Crippen LogP contribution in [-0.2, 0) is 11.2 Å². The van der Waals surface area contributed by atoms with Crippen molar-refractivity contribution in [2.45, 2.75) is 18.9 Å². The number of hydrogen-bond acceptors (Lipinski definition) is 8. The first kappa shape index (κ1) is 24.4. The topological polar surface area (TPSA) is 146 Å². The molecule has 196 valence electrons. The number of amides is 1. The molecule has 0 bridgehead atoms. The third kappa shape index (κ3) is 4.52. The second-order valence-corrected chi connectivity index (χ2v) is 9.18. The third-order valence-corrected chi connectivity index (χ3v) is 6.70. The molecule has 0 aliphatic carbocycles. The number of ether oxygens (including phenoxy) is 1. The summed E-state index contributed by atoms with van der Waals surface area (Å²) in [5.74, 6) is -0.266. The molecule has 0 spiro atoms. The van der Waals surface area contributed by atoms with E-state index in [-0.39, 0.29) is 23.0 Å². The van der Waals surface area contributed by atoms with Gasteiger partial charge in [0.05, 0.1) is 36.3 Å². The molecule has 5 aromatic rings. The lowest BCUT2D eigenvalue weighted by atomic mass is 10.0. The van der Waals surface area contributed by atoms with Crippen molar-refractivity contribution < 1.29 is 13.9 Å². The van der Waals surface area contributed by atoms with Gasteiger partial charge in [-0.05, 0) is 65.2 Å². The smallest absolute Gasteiger partial charge is 0.412 e. The summed E-state index contributed by atoms with van der Waals surface area (Å²) in [6, 6.07) is 11.3. The van der Waals surface area contributed by atoms with Crippen LogP contribution in [0.4, 0.5) is 15.0 Å². The molecule has 39 heavy (non-hydrogen) atoms. The predicted octanol–water partition coefficient (Wildman–Crippen LogP) is 3.78. The molecule has 0 unspecified atom stereocenters. The number of hydrogen-bond donors (Lipinski definition) is 2. The fraction of sp³-hybridized carbons (Fsp3) is 0.160. The molecule has 0 saturated carbocycles. The molecule has 0 saturated heterocycles. The van der Waals surface area contributed by atoms with Crippen molar-refractivity contribution in [3.05, 3.63) is 87.8 Å². The summed E-state index contributed by atoms with van der Waals surface area (Å²) in [5.41, 5.74) is 3.26. The monoisotopic (exact) mass is 547 g/mol. The standard InChI is InChI=1S/C25H19ClFN9O3/c1-39-25(38)32-21-7-4-16(23(27)31-21)18-11-28-24(30-18)20-6-3-15-8-13(9-22(37)36(15)20)17-10-14(26)2-5-19(17)35-12-29-33-34-35/h2,4-5,7-12,20H,3,6H2,1H3,(H,28,30)(H,31,32,38)/t20-/m0/s1. The first-order valence-corrected chi connectivity index (χ1v) is 12.1. The van der Waals surface area contributed by atoms with Gasteiger partial charge in [-0.1, -0.05) is 11.6 Å². The number of tetrazole rings is 1. The fourth-order valence-electron chi connectivity index (χ4n) is 4.72. The average Bonchev–Trinajstić information content (AvgIpc) is 3.69. The van der Waals surface area contributed by atoms with E-state index in [2.05, 4.69) is 40.5 Å². The number of H-pyrrole nitrogens is 1. The van der Waals surface area contributed by atoms with Gasteiger partial charge < -0.3 is 14.3 Å². The highest BCUT2D eigenvalue weighted by Gasteiger charge is 2.28. The summed E-state index contributed by atoms with van der Waals surface area (Å²) >= 11 is 6.28. The zero-order valence-corrected chi connectivity index (χ0v) is 21.1. The van der Waals surface area contributed by atoms with E-state index in [1.165, 1.54) is 36.4 Å². The van der Waals surface area contributed by atoms with Crippen molar-refractivity contribution in [3.8, 4) is 28.1 Å². The van der Waals surface area contributed by atoms with E-state index in [0.29, 0.717) is 46.2 Å². The lowest BCUT2D eigenvalue weighted by Gasteiger charge is -2.15. The summed E-state index contributed by atoms with van der Waals surface area (Å²) in [6.45, 7) is 0. The number of fused-ring (bicyclic) bond motifs is 1. The Morgan fingerprint density at radius 1 is 1.21 bits per heavy atom. The van der Waals surface area contributed by atoms with Gasteiger partial charge in [-0.15, -0.1) is 5.10 Å². The van der Waals surface area contributed by atoms with Crippen LogP contribution in [0.25, 0.3) is 28.1 Å². The quantitative estimate of drug-likeness (QED) is 0.316. The van der Waals surface area contributed by atoms with Crippen LogP contribution in [-0.4, -0.2) is 52.9 Å². The minimum atomic E-state index is -0.798. The highest BCUT2D eigenvalue weighted by Crippen LogP contribution is 2.34. The number of nitrogens with zero attached hydrogens (tertiary/aromatic N) is 7. The van der Waals surface area contributed by atoms with Gasteiger partial charge in [-0.2, -0.15) is 9.07 Å². The normalized spacial score (nSPS) is 14.3. The predicted molar refractivity (Wildman–Crippen MR) is 138 cm³/mol. The number of rotatable bonds is 5. The van der Waals surface area contributed by atoms with Gasteiger partial charge in [0, 0.05) is 22.3 Å². The van der Waals surface area contributed by atoms with Crippen LogP contribution in [0.5, 0.6) is 0 Å². The molecule has 0 fully saturated rings. The minimum absolute atomic E-state index is 0.0119. The Balaban J connectivity index is 1.32. The van der Waals surface area contributed by atoms with E-state index >= 15 is 0 Å². The number of benzene rings is 1. The van der Waals surface area contributed by atoms with Gasteiger partial charge in [0.25, 0.3) is 5.56 Å². The van der Waals surface area contributed by atoms with Gasteiger partial charge in [-0.3, -0.25) is 10.1 Å². The first-order valence-electron chi connectivity index (χ1n) is 11.8. The molecular formula is C25H19ClFN9O3. The lowest BCUT2D eigenvalue weighted by molar-refractivity contribution is 0.187. The number of anilines is 1. The van der Waals surface area contributed by atoms with Crippen molar-refractivity contribution in [2.75, 3.05) is 12.4 Å². The summed E-state index contributed by atoms with van der Waals surface area (Å²) in [6.07, 6.45) is 3.47. The summed E-state index contributed by atoms with van der Waals surface area (Å²) in [7, 11) is 1.20. The Hall–Kier alpha value is -4.91. The van der Waals surface area contributed by atoms with E-state index in [1.54, 1.807) is 28.8 Å². The second kappa shape index (κ2) is 9.76. The molecule has 1 aromatic carbocycles. The van der Waals surface area contributed by atoms with E-state index in [9.17, 15) is 14.0 Å². The van der Waals surface area contributed by atoms with Crippen LogP contribution >= 0.6 is 11.6 Å². The zero-order chi connectivity index (χ0) is 27.1. The Bertz CT molecular complexity index is 1770. The molecule has 1 amide bonds. The molecular weight excluding hydrogens is 529 g/mol. The number of nitrogens with one attached hydrogen (secondary N) is 2. The number of imidazole rings is 1. The Morgan fingerprint density at radius 3 is 2.85 bits per heavy atom. The zero-order valence-electron chi connectivity index (χ0n) is 20.3.